The zero-order chi connectivity index (χ0) is 13.1. The Hall–Kier alpha value is -1.20. The Morgan fingerprint density at radius 2 is 1.88 bits per heavy atom. The first kappa shape index (κ1) is 13.9. The molecule has 17 heavy (non-hydrogen) atoms. The summed E-state index contributed by atoms with van der Waals surface area (Å²) >= 11 is 0. The molecule has 4 nitrogen and oxygen atoms in total. The van der Waals surface area contributed by atoms with Crippen LogP contribution in [0.15, 0.2) is 0 Å². The standard InChI is InChI=1S/C11H17F2NO3/c1-14(7-4-9(15)16)10(17)8-2-5-11(12,13)6-3-8/h8H,2-7H2,1H3,(H,15,16). The van der Waals surface area contributed by atoms with Crippen LogP contribution in [0.2, 0.25) is 0 Å². The third-order valence-corrected chi connectivity index (χ3v) is 3.10. The van der Waals surface area contributed by atoms with Gasteiger partial charge in [-0.3, -0.25) is 9.59 Å². The second kappa shape index (κ2) is 5.42. The first-order valence-electron chi connectivity index (χ1n) is 5.66. The van der Waals surface area contributed by atoms with Crippen LogP contribution >= 0.6 is 0 Å². The van der Waals surface area contributed by atoms with Gasteiger partial charge in [-0.05, 0) is 12.8 Å². The lowest BCUT2D eigenvalue weighted by Crippen LogP contribution is -2.38. The second-order valence-corrected chi connectivity index (χ2v) is 4.53. The number of hydrogen-bond donors (Lipinski definition) is 1. The normalized spacial score (nSPS) is 19.9. The van der Waals surface area contributed by atoms with Crippen LogP contribution in [-0.4, -0.2) is 41.4 Å². The van der Waals surface area contributed by atoms with E-state index < -0.39 is 11.9 Å². The molecule has 0 heterocycles. The number of carboxylic acids is 1. The third kappa shape index (κ3) is 4.28. The molecular weight excluding hydrogens is 232 g/mol. The van der Waals surface area contributed by atoms with Crippen LogP contribution in [0, 0.1) is 5.92 Å². The minimum absolute atomic E-state index is 0.120. The Morgan fingerprint density at radius 1 is 1.35 bits per heavy atom. The van der Waals surface area contributed by atoms with Crippen LogP contribution in [0.4, 0.5) is 8.78 Å². The molecule has 0 unspecified atom stereocenters. The zero-order valence-electron chi connectivity index (χ0n) is 9.79. The molecular formula is C11H17F2NO3. The molecule has 98 valence electrons. The molecule has 0 aromatic carbocycles. The maximum absolute atomic E-state index is 12.9. The molecule has 0 bridgehead atoms. The lowest BCUT2D eigenvalue weighted by atomic mass is 9.86. The maximum Gasteiger partial charge on any atom is 0.305 e. The molecule has 1 saturated carbocycles. The van der Waals surface area contributed by atoms with Crippen LogP contribution in [0.1, 0.15) is 32.1 Å². The fourth-order valence-corrected chi connectivity index (χ4v) is 1.97. The molecule has 1 rings (SSSR count). The lowest BCUT2D eigenvalue weighted by Gasteiger charge is -2.30. The van der Waals surface area contributed by atoms with E-state index in [1.807, 2.05) is 0 Å². The summed E-state index contributed by atoms with van der Waals surface area (Å²) in [6, 6.07) is 0. The number of alkyl halides is 2. The highest BCUT2D eigenvalue weighted by Crippen LogP contribution is 2.36. The second-order valence-electron chi connectivity index (χ2n) is 4.53. The number of aliphatic carboxylic acids is 1. The number of nitrogens with zero attached hydrogens (tertiary/aromatic N) is 1. The van der Waals surface area contributed by atoms with Gasteiger partial charge in [-0.2, -0.15) is 0 Å². The Labute approximate surface area is 98.6 Å². The molecule has 1 fully saturated rings. The summed E-state index contributed by atoms with van der Waals surface area (Å²) in [6.07, 6.45) is -0.260. The van der Waals surface area contributed by atoms with Gasteiger partial charge < -0.3 is 10.0 Å². The van der Waals surface area contributed by atoms with Crippen LogP contribution in [-0.2, 0) is 9.59 Å². The molecule has 6 heteroatoms. The molecule has 0 atom stereocenters. The van der Waals surface area contributed by atoms with E-state index in [-0.39, 0.29) is 50.5 Å². The van der Waals surface area contributed by atoms with Gasteiger partial charge in [0.15, 0.2) is 0 Å². The van der Waals surface area contributed by atoms with Gasteiger partial charge >= 0.3 is 5.97 Å². The predicted octanol–water partition coefficient (Wildman–Crippen LogP) is 1.74. The van der Waals surface area contributed by atoms with E-state index in [9.17, 15) is 18.4 Å². The van der Waals surface area contributed by atoms with E-state index >= 15 is 0 Å². The lowest BCUT2D eigenvalue weighted by molar-refractivity contribution is -0.140. The number of rotatable bonds is 4. The molecule has 1 amide bonds. The van der Waals surface area contributed by atoms with Crippen molar-refractivity contribution in [3.63, 3.8) is 0 Å². The molecule has 1 aliphatic carbocycles. The number of carbonyl (C=O) groups is 2. The van der Waals surface area contributed by atoms with Crippen LogP contribution in [0.5, 0.6) is 0 Å². The van der Waals surface area contributed by atoms with E-state index in [0.717, 1.165) is 0 Å². The van der Waals surface area contributed by atoms with Gasteiger partial charge in [0.25, 0.3) is 0 Å². The maximum atomic E-state index is 12.9. The highest BCUT2D eigenvalue weighted by atomic mass is 19.3. The van der Waals surface area contributed by atoms with Crippen molar-refractivity contribution in [2.45, 2.75) is 38.0 Å². The van der Waals surface area contributed by atoms with Gasteiger partial charge in [0.05, 0.1) is 6.42 Å². The van der Waals surface area contributed by atoms with Crippen molar-refractivity contribution >= 4 is 11.9 Å². The molecule has 0 radical (unpaired) electrons. The van der Waals surface area contributed by atoms with Crippen molar-refractivity contribution in [2.24, 2.45) is 5.92 Å². The average molecular weight is 249 g/mol. The van der Waals surface area contributed by atoms with E-state index in [0.29, 0.717) is 0 Å². The van der Waals surface area contributed by atoms with Gasteiger partial charge in [-0.1, -0.05) is 0 Å². The van der Waals surface area contributed by atoms with Crippen molar-refractivity contribution in [3.8, 4) is 0 Å². The summed E-state index contributed by atoms with van der Waals surface area (Å²) in [5.74, 6) is -4.22. The monoisotopic (exact) mass is 249 g/mol. The van der Waals surface area contributed by atoms with E-state index in [1.54, 1.807) is 0 Å². The summed E-state index contributed by atoms with van der Waals surface area (Å²) in [6.45, 7) is 0.126. The number of halogens is 2. The number of carboxylic acid groups (broad SMARTS) is 1. The number of amides is 1. The first-order valence-corrected chi connectivity index (χ1v) is 5.66. The number of carbonyl (C=O) groups excluding carboxylic acids is 1. The molecule has 0 aromatic rings. The summed E-state index contributed by atoms with van der Waals surface area (Å²) in [4.78, 5) is 23.5. The Balaban J connectivity index is 2.40. The molecule has 1 aliphatic rings. The summed E-state index contributed by atoms with van der Waals surface area (Å²) < 4.78 is 25.8. The van der Waals surface area contributed by atoms with Crippen molar-refractivity contribution < 1.29 is 23.5 Å². The largest absolute Gasteiger partial charge is 0.481 e. The Bertz CT molecular complexity index is 297. The molecule has 0 aliphatic heterocycles. The van der Waals surface area contributed by atoms with Crippen LogP contribution < -0.4 is 0 Å². The van der Waals surface area contributed by atoms with Crippen LogP contribution in [0.25, 0.3) is 0 Å². The van der Waals surface area contributed by atoms with E-state index in [4.69, 9.17) is 5.11 Å². The summed E-state index contributed by atoms with van der Waals surface area (Å²) in [7, 11) is 1.51. The van der Waals surface area contributed by atoms with Crippen LogP contribution in [0.3, 0.4) is 0 Å². The average Bonchev–Trinajstić information content (AvgIpc) is 2.25. The highest BCUT2D eigenvalue weighted by Gasteiger charge is 2.38. The van der Waals surface area contributed by atoms with Gasteiger partial charge in [-0.15, -0.1) is 0 Å². The van der Waals surface area contributed by atoms with E-state index in [1.165, 1.54) is 11.9 Å². The Kier molecular flexibility index (Phi) is 4.42. The van der Waals surface area contributed by atoms with Crippen molar-refractivity contribution in [1.29, 1.82) is 0 Å². The fourth-order valence-electron chi connectivity index (χ4n) is 1.97. The van der Waals surface area contributed by atoms with Gasteiger partial charge in [0.1, 0.15) is 0 Å². The van der Waals surface area contributed by atoms with Gasteiger partial charge in [-0.25, -0.2) is 8.78 Å². The first-order chi connectivity index (χ1) is 7.82. The quantitative estimate of drug-likeness (QED) is 0.825. The highest BCUT2D eigenvalue weighted by molar-refractivity contribution is 5.79. The van der Waals surface area contributed by atoms with Crippen molar-refractivity contribution in [3.05, 3.63) is 0 Å². The topological polar surface area (TPSA) is 57.6 Å². The Morgan fingerprint density at radius 3 is 2.35 bits per heavy atom. The summed E-state index contributed by atoms with van der Waals surface area (Å²) in [5, 5.41) is 8.49. The smallest absolute Gasteiger partial charge is 0.305 e. The van der Waals surface area contributed by atoms with Gasteiger partial charge in [0.2, 0.25) is 11.8 Å². The molecule has 1 N–H and O–H groups in total. The fraction of sp³-hybridized carbons (Fsp3) is 0.818. The molecule has 0 aromatic heterocycles. The third-order valence-electron chi connectivity index (χ3n) is 3.10. The zero-order valence-corrected chi connectivity index (χ0v) is 9.79. The minimum atomic E-state index is -2.64. The molecule has 0 spiro atoms. The minimum Gasteiger partial charge on any atom is -0.481 e. The van der Waals surface area contributed by atoms with Crippen molar-refractivity contribution in [1.82, 2.24) is 4.90 Å². The SMILES string of the molecule is CN(CCC(=O)O)C(=O)C1CCC(F)(F)CC1. The molecule has 0 saturated heterocycles. The summed E-state index contributed by atoms with van der Waals surface area (Å²) in [5.41, 5.74) is 0. The van der Waals surface area contributed by atoms with Gasteiger partial charge in [0, 0.05) is 32.4 Å². The number of hydrogen-bond acceptors (Lipinski definition) is 2. The van der Waals surface area contributed by atoms with Crippen molar-refractivity contribution in [2.75, 3.05) is 13.6 Å². The predicted molar refractivity (Wildman–Crippen MR) is 56.8 cm³/mol. The van der Waals surface area contributed by atoms with E-state index in [2.05, 4.69) is 0 Å².